The lowest BCUT2D eigenvalue weighted by Crippen LogP contribution is -2.53. The van der Waals surface area contributed by atoms with Crippen LogP contribution in [0.3, 0.4) is 0 Å². The number of para-hydroxylation sites is 1. The van der Waals surface area contributed by atoms with Crippen molar-refractivity contribution >= 4 is 34.7 Å². The average molecular weight is 372 g/mol. The summed E-state index contributed by atoms with van der Waals surface area (Å²) in [6.07, 6.45) is 0.560. The molecule has 6 N–H and O–H groups in total. The highest BCUT2D eigenvalue weighted by atomic mass is 32.2. The van der Waals surface area contributed by atoms with Crippen LogP contribution in [0.15, 0.2) is 34.9 Å². The monoisotopic (exact) mass is 372 g/mol. The summed E-state index contributed by atoms with van der Waals surface area (Å²) in [5.41, 5.74) is 11.9. The zero-order valence-corrected chi connectivity index (χ0v) is 15.2. The summed E-state index contributed by atoms with van der Waals surface area (Å²) in [4.78, 5) is 31.4. The molecule has 4 rings (SSSR count). The van der Waals surface area contributed by atoms with Crippen LogP contribution in [0.25, 0.3) is 10.9 Å². The van der Waals surface area contributed by atoms with Crippen LogP contribution < -0.4 is 26.4 Å². The van der Waals surface area contributed by atoms with E-state index < -0.39 is 6.04 Å². The maximum absolute atomic E-state index is 12.6. The van der Waals surface area contributed by atoms with Gasteiger partial charge in [-0.25, -0.2) is 0 Å². The van der Waals surface area contributed by atoms with E-state index in [1.807, 2.05) is 25.1 Å². The van der Waals surface area contributed by atoms with Crippen molar-refractivity contribution < 1.29 is 9.59 Å². The van der Waals surface area contributed by atoms with Crippen molar-refractivity contribution in [2.45, 2.75) is 32.4 Å². The van der Waals surface area contributed by atoms with Crippen molar-refractivity contribution in [1.82, 2.24) is 31.4 Å². The molecule has 26 heavy (non-hydrogen) atoms. The van der Waals surface area contributed by atoms with Gasteiger partial charge in [0, 0.05) is 28.3 Å². The molecule has 1 aromatic carbocycles. The standard InChI is InChI=1S/C17H20N6O2S/c1-8-14-11(10-5-3-4-6-12(10)19-14)7-13(18-8)16(24)21-22-17(25)15-9(2)20-23-26-15/h3-6,8,13,18-20,23H,7H2,1-2H3,(H,21,24)(H,22,25). The third-order valence-corrected chi connectivity index (χ3v) is 5.59. The second kappa shape index (κ2) is 6.67. The van der Waals surface area contributed by atoms with Crippen LogP contribution >= 0.6 is 11.9 Å². The van der Waals surface area contributed by atoms with Crippen molar-refractivity contribution in [2.75, 3.05) is 0 Å². The predicted octanol–water partition coefficient (Wildman–Crippen LogP) is 0.878. The van der Waals surface area contributed by atoms with E-state index in [-0.39, 0.29) is 17.9 Å². The van der Waals surface area contributed by atoms with E-state index >= 15 is 0 Å². The molecular formula is C17H20N6O2S. The number of hydrogen-bond acceptors (Lipinski definition) is 6. The number of carbonyl (C=O) groups excluding carboxylic acids is 2. The first-order chi connectivity index (χ1) is 12.5. The molecule has 2 atom stereocenters. The molecule has 0 radical (unpaired) electrons. The molecule has 2 unspecified atom stereocenters. The Labute approximate surface area is 154 Å². The molecule has 0 fully saturated rings. The van der Waals surface area contributed by atoms with Gasteiger partial charge in [0.2, 0.25) is 0 Å². The van der Waals surface area contributed by atoms with Gasteiger partial charge in [-0.05, 0) is 43.8 Å². The Kier molecular flexibility index (Phi) is 4.35. The highest BCUT2D eigenvalue weighted by molar-refractivity contribution is 8.02. The van der Waals surface area contributed by atoms with Crippen molar-refractivity contribution in [1.29, 1.82) is 0 Å². The van der Waals surface area contributed by atoms with Crippen LogP contribution in [0.4, 0.5) is 0 Å². The number of rotatable bonds is 2. The van der Waals surface area contributed by atoms with E-state index in [1.165, 1.54) is 11.9 Å². The molecule has 0 aliphatic carbocycles. The van der Waals surface area contributed by atoms with E-state index in [1.54, 1.807) is 6.92 Å². The number of fused-ring (bicyclic) bond motifs is 3. The number of aromatic nitrogens is 1. The Morgan fingerprint density at radius 1 is 1.23 bits per heavy atom. The Bertz CT molecular complexity index is 921. The zero-order valence-electron chi connectivity index (χ0n) is 14.4. The van der Waals surface area contributed by atoms with Crippen LogP contribution in [-0.2, 0) is 16.0 Å². The highest BCUT2D eigenvalue weighted by Gasteiger charge is 2.31. The Hall–Kier alpha value is -2.49. The van der Waals surface area contributed by atoms with Gasteiger partial charge >= 0.3 is 0 Å². The summed E-state index contributed by atoms with van der Waals surface area (Å²) in [6.45, 7) is 3.81. The van der Waals surface area contributed by atoms with Crippen LogP contribution in [0.1, 0.15) is 31.1 Å². The van der Waals surface area contributed by atoms with Crippen molar-refractivity contribution in [3.05, 3.63) is 46.1 Å². The van der Waals surface area contributed by atoms with Gasteiger partial charge in [-0.15, -0.1) is 0 Å². The molecular weight excluding hydrogens is 352 g/mol. The zero-order chi connectivity index (χ0) is 18.3. The minimum Gasteiger partial charge on any atom is -0.357 e. The van der Waals surface area contributed by atoms with E-state index in [2.05, 4.69) is 37.5 Å². The molecule has 0 bridgehead atoms. The summed E-state index contributed by atoms with van der Waals surface area (Å²) < 4.78 is 0. The smallest absolute Gasteiger partial charge is 0.279 e. The van der Waals surface area contributed by atoms with Crippen LogP contribution in [0.5, 0.6) is 0 Å². The number of carbonyl (C=O) groups is 2. The highest BCUT2D eigenvalue weighted by Crippen LogP contribution is 2.31. The van der Waals surface area contributed by atoms with Crippen molar-refractivity contribution in [3.63, 3.8) is 0 Å². The molecule has 2 aliphatic heterocycles. The first-order valence-corrected chi connectivity index (χ1v) is 9.20. The fourth-order valence-electron chi connectivity index (χ4n) is 3.39. The third-order valence-electron chi connectivity index (χ3n) is 4.69. The summed E-state index contributed by atoms with van der Waals surface area (Å²) in [7, 11) is 0. The topological polar surface area (TPSA) is 110 Å². The maximum Gasteiger partial charge on any atom is 0.279 e. The first kappa shape index (κ1) is 17.0. The van der Waals surface area contributed by atoms with Gasteiger partial charge in [-0.3, -0.25) is 25.8 Å². The second-order valence-corrected chi connectivity index (χ2v) is 7.25. The van der Waals surface area contributed by atoms with Gasteiger partial charge in [0.25, 0.3) is 11.8 Å². The summed E-state index contributed by atoms with van der Waals surface area (Å²) in [6, 6.07) is 7.68. The molecule has 2 aliphatic rings. The Balaban J connectivity index is 1.46. The molecule has 8 nitrogen and oxygen atoms in total. The van der Waals surface area contributed by atoms with Gasteiger partial charge in [0.15, 0.2) is 0 Å². The molecule has 136 valence electrons. The minimum absolute atomic E-state index is 0.0151. The summed E-state index contributed by atoms with van der Waals surface area (Å²) >= 11 is 1.17. The van der Waals surface area contributed by atoms with Crippen molar-refractivity contribution in [3.8, 4) is 0 Å². The van der Waals surface area contributed by atoms with E-state index in [0.29, 0.717) is 11.3 Å². The van der Waals surface area contributed by atoms with Crippen molar-refractivity contribution in [2.24, 2.45) is 0 Å². The Morgan fingerprint density at radius 3 is 2.81 bits per heavy atom. The number of benzene rings is 1. The number of aromatic amines is 1. The van der Waals surface area contributed by atoms with Crippen LogP contribution in [-0.4, -0.2) is 22.8 Å². The molecule has 2 aromatic rings. The molecule has 1 aromatic heterocycles. The number of amides is 2. The fourth-order valence-corrected chi connectivity index (χ4v) is 4.05. The van der Waals surface area contributed by atoms with Crippen LogP contribution in [0.2, 0.25) is 0 Å². The second-order valence-electron chi connectivity index (χ2n) is 6.43. The summed E-state index contributed by atoms with van der Waals surface area (Å²) in [5, 5.41) is 4.44. The normalized spacial score (nSPS) is 22.1. The third kappa shape index (κ3) is 2.94. The fraction of sp³-hybridized carbons (Fsp3) is 0.294. The molecule has 0 spiro atoms. The molecule has 0 saturated heterocycles. The largest absolute Gasteiger partial charge is 0.357 e. The lowest BCUT2D eigenvalue weighted by Gasteiger charge is -2.28. The number of allylic oxidation sites excluding steroid dienone is 1. The Morgan fingerprint density at radius 2 is 2.04 bits per heavy atom. The molecule has 2 amide bonds. The van der Waals surface area contributed by atoms with Gasteiger partial charge < -0.3 is 10.4 Å². The molecule has 3 heterocycles. The number of hydrazine groups is 2. The average Bonchev–Trinajstić information content (AvgIpc) is 3.23. The van der Waals surface area contributed by atoms with Gasteiger partial charge in [0.1, 0.15) is 4.91 Å². The van der Waals surface area contributed by atoms with E-state index in [0.717, 1.165) is 27.9 Å². The lowest BCUT2D eigenvalue weighted by atomic mass is 9.94. The van der Waals surface area contributed by atoms with E-state index in [9.17, 15) is 9.59 Å². The quantitative estimate of drug-likeness (QED) is 0.345. The van der Waals surface area contributed by atoms with E-state index in [4.69, 9.17) is 0 Å². The SMILES string of the molecule is CC1=C(C(=O)NNC(=O)C2Cc3c([nH]c4ccccc34)C(C)N2)SNN1. The van der Waals surface area contributed by atoms with Gasteiger partial charge in [0.05, 0.1) is 6.04 Å². The minimum atomic E-state index is -0.417. The maximum atomic E-state index is 12.6. The number of hydrogen-bond donors (Lipinski definition) is 6. The van der Waals surface area contributed by atoms with Crippen LogP contribution in [0, 0.1) is 0 Å². The first-order valence-electron chi connectivity index (χ1n) is 8.39. The molecule has 9 heteroatoms. The van der Waals surface area contributed by atoms with Gasteiger partial charge in [-0.1, -0.05) is 18.2 Å². The summed E-state index contributed by atoms with van der Waals surface area (Å²) in [5.74, 6) is -0.613. The van der Waals surface area contributed by atoms with Gasteiger partial charge in [-0.2, -0.15) is 4.83 Å². The molecule has 0 saturated carbocycles. The predicted molar refractivity (Wildman–Crippen MR) is 100 cm³/mol. The number of nitrogens with one attached hydrogen (secondary N) is 6. The number of H-pyrrole nitrogens is 1. The lowest BCUT2D eigenvalue weighted by molar-refractivity contribution is -0.128.